The summed E-state index contributed by atoms with van der Waals surface area (Å²) in [6.45, 7) is 1.13. The Morgan fingerprint density at radius 3 is 1.18 bits per heavy atom. The van der Waals surface area contributed by atoms with Gasteiger partial charge in [0, 0.05) is 35.2 Å². The van der Waals surface area contributed by atoms with E-state index in [-0.39, 0.29) is 20.2 Å². The van der Waals surface area contributed by atoms with Crippen molar-refractivity contribution in [1.82, 2.24) is 9.44 Å². The van der Waals surface area contributed by atoms with Crippen molar-refractivity contribution in [1.29, 1.82) is 0 Å². The second kappa shape index (κ2) is 17.0. The summed E-state index contributed by atoms with van der Waals surface area (Å²) < 4.78 is 76.9. The van der Waals surface area contributed by atoms with Crippen LogP contribution in [0, 0.1) is 0 Å². The van der Waals surface area contributed by atoms with E-state index >= 15 is 0 Å². The van der Waals surface area contributed by atoms with Gasteiger partial charge in [-0.3, -0.25) is 14.3 Å². The minimum atomic E-state index is -3.88. The lowest BCUT2D eigenvalue weighted by Crippen LogP contribution is -2.30. The van der Waals surface area contributed by atoms with E-state index in [0.717, 1.165) is 6.92 Å². The number of amides is 2. The van der Waals surface area contributed by atoms with Gasteiger partial charge >= 0.3 is 0 Å². The van der Waals surface area contributed by atoms with E-state index in [4.69, 9.17) is 17.2 Å². The Hall–Kier alpha value is -5.91. The van der Waals surface area contributed by atoms with Crippen molar-refractivity contribution in [2.24, 2.45) is 0 Å². The maximum Gasteiger partial charge on any atom is 0.264 e. The lowest BCUT2D eigenvalue weighted by Gasteiger charge is -2.07. The predicted octanol–water partition coefficient (Wildman–Crippen LogP) is 3.55. The largest absolute Gasteiger partial charge is 0.399 e. The second-order valence-corrected chi connectivity index (χ2v) is 15.2. The average Bonchev–Trinajstić information content (AvgIpc) is 3.06. The van der Waals surface area contributed by atoms with Gasteiger partial charge in [-0.25, -0.2) is 34.7 Å². The first-order chi connectivity index (χ1) is 23.5. The highest BCUT2D eigenvalue weighted by Gasteiger charge is 2.18. The molecule has 262 valence electrons. The normalized spacial score (nSPS) is 11.0. The van der Waals surface area contributed by atoms with Crippen LogP contribution in [0.1, 0.15) is 17.3 Å². The Kier molecular flexibility index (Phi) is 13.1. The van der Waals surface area contributed by atoms with Gasteiger partial charge in [-0.15, -0.1) is 0 Å². The average molecular weight is 739 g/mol. The van der Waals surface area contributed by atoms with Crippen LogP contribution in [0.3, 0.4) is 0 Å². The van der Waals surface area contributed by atoms with Crippen molar-refractivity contribution in [2.45, 2.75) is 21.6 Å². The van der Waals surface area contributed by atoms with Crippen LogP contribution < -0.4 is 31.4 Å². The van der Waals surface area contributed by atoms with Gasteiger partial charge in [0.15, 0.2) is 0 Å². The molecule has 0 saturated carbocycles. The van der Waals surface area contributed by atoms with E-state index in [1.54, 1.807) is 54.6 Å². The van der Waals surface area contributed by atoms with E-state index < -0.39 is 41.9 Å². The van der Waals surface area contributed by atoms with Crippen molar-refractivity contribution in [3.63, 3.8) is 0 Å². The summed E-state index contributed by atoms with van der Waals surface area (Å²) >= 11 is 0. The highest BCUT2D eigenvalue weighted by molar-refractivity contribution is 7.92. The van der Waals surface area contributed by atoms with Crippen LogP contribution in [-0.4, -0.2) is 37.1 Å². The number of nitrogens with two attached hydrogens (primary N) is 3. The van der Waals surface area contributed by atoms with Crippen molar-refractivity contribution >= 4 is 64.6 Å². The van der Waals surface area contributed by atoms with Gasteiger partial charge < -0.3 is 17.2 Å². The third kappa shape index (κ3) is 12.0. The SMILES string of the molecule is CC(=O)NS(=O)(=O)c1ccc(N)cc1.Nc1ccc(S(=O)(=O)NC(=O)c2ccccc2)cc1.Nc1ccc(S(=O)(=O)Nc2ccccc2)cc1. The summed E-state index contributed by atoms with van der Waals surface area (Å²) in [6, 6.07) is 34.1. The highest BCUT2D eigenvalue weighted by atomic mass is 32.2. The fourth-order valence-corrected chi connectivity index (χ4v) is 6.76. The summed E-state index contributed by atoms with van der Waals surface area (Å²) in [5.74, 6) is -1.29. The Labute approximate surface area is 290 Å². The lowest BCUT2D eigenvalue weighted by atomic mass is 10.2. The molecule has 0 spiro atoms. The van der Waals surface area contributed by atoms with E-state index in [9.17, 15) is 34.8 Å². The zero-order valence-corrected chi connectivity index (χ0v) is 28.9. The third-order valence-electron chi connectivity index (χ3n) is 6.14. The molecule has 5 aromatic carbocycles. The number of carbonyl (C=O) groups excluding carboxylic acids is 2. The molecule has 17 heteroatoms. The number of carbonyl (C=O) groups is 2. The molecule has 9 N–H and O–H groups in total. The van der Waals surface area contributed by atoms with E-state index in [1.807, 2.05) is 15.5 Å². The van der Waals surface area contributed by atoms with Crippen LogP contribution in [0.25, 0.3) is 0 Å². The summed E-state index contributed by atoms with van der Waals surface area (Å²) in [5, 5.41) is 0. The number of anilines is 4. The molecule has 0 fully saturated rings. The first kappa shape index (κ1) is 38.5. The van der Waals surface area contributed by atoms with Crippen LogP contribution in [-0.2, 0) is 34.9 Å². The summed E-state index contributed by atoms with van der Waals surface area (Å²) in [5.41, 5.74) is 18.6. The molecule has 0 unspecified atom stereocenters. The molecule has 2 amide bonds. The van der Waals surface area contributed by atoms with Gasteiger partial charge in [-0.2, -0.15) is 0 Å². The zero-order chi connectivity index (χ0) is 37.0. The molecule has 14 nitrogen and oxygen atoms in total. The number of benzene rings is 5. The Bertz CT molecular complexity index is 2220. The summed E-state index contributed by atoms with van der Waals surface area (Å²) in [6.07, 6.45) is 0. The van der Waals surface area contributed by atoms with Gasteiger partial charge in [-0.05, 0) is 97.1 Å². The van der Waals surface area contributed by atoms with Gasteiger partial charge in [0.2, 0.25) is 5.91 Å². The van der Waals surface area contributed by atoms with Crippen molar-refractivity contribution in [2.75, 3.05) is 21.9 Å². The van der Waals surface area contributed by atoms with Gasteiger partial charge in [-0.1, -0.05) is 36.4 Å². The molecule has 0 atom stereocenters. The standard InChI is InChI=1S/C13H12N2O3S.C12H12N2O2S.C8H10N2O3S/c14-11-6-8-12(9-7-11)19(17,18)15-13(16)10-4-2-1-3-5-10;13-10-6-8-12(9-7-10)17(15,16)14-11-4-2-1-3-5-11;1-6(11)10-14(12,13)8-4-2-7(9)3-5-8/h1-9H,14H2,(H,15,16);1-9,14H,13H2;2-5H,9H2,1H3,(H,10,11). The molecular formula is C33H34N6O8S3. The van der Waals surface area contributed by atoms with Crippen LogP contribution >= 0.6 is 0 Å². The number of hydrogen-bond acceptors (Lipinski definition) is 11. The first-order valence-corrected chi connectivity index (χ1v) is 18.7. The number of nitrogen functional groups attached to an aromatic ring is 3. The molecule has 0 heterocycles. The van der Waals surface area contributed by atoms with Crippen molar-refractivity contribution in [3.05, 3.63) is 139 Å². The number of hydrogen-bond donors (Lipinski definition) is 6. The summed E-state index contributed by atoms with van der Waals surface area (Å²) in [4.78, 5) is 22.6. The second-order valence-electron chi connectivity index (χ2n) is 10.1. The number of para-hydroxylation sites is 1. The topological polar surface area (TPSA) is 251 Å². The third-order valence-corrected chi connectivity index (χ3v) is 10.3. The maximum absolute atomic E-state index is 12.0. The number of sulfonamides is 3. The molecule has 0 bridgehead atoms. The molecular weight excluding hydrogens is 705 g/mol. The van der Waals surface area contributed by atoms with Crippen LogP contribution in [0.4, 0.5) is 22.7 Å². The van der Waals surface area contributed by atoms with Crippen molar-refractivity contribution in [3.8, 4) is 0 Å². The van der Waals surface area contributed by atoms with Crippen LogP contribution in [0.5, 0.6) is 0 Å². The van der Waals surface area contributed by atoms with E-state index in [0.29, 0.717) is 22.7 Å². The Balaban J connectivity index is 0.000000205. The van der Waals surface area contributed by atoms with Gasteiger partial charge in [0.05, 0.1) is 14.7 Å². The molecule has 0 aliphatic carbocycles. The fraction of sp³-hybridized carbons (Fsp3) is 0.0303. The van der Waals surface area contributed by atoms with E-state index in [1.165, 1.54) is 72.8 Å². The first-order valence-electron chi connectivity index (χ1n) is 14.3. The molecule has 5 rings (SSSR count). The van der Waals surface area contributed by atoms with Gasteiger partial charge in [0.25, 0.3) is 36.0 Å². The Morgan fingerprint density at radius 1 is 0.460 bits per heavy atom. The molecule has 0 radical (unpaired) electrons. The molecule has 0 aliphatic heterocycles. The minimum absolute atomic E-state index is 0.00835. The molecule has 50 heavy (non-hydrogen) atoms. The molecule has 0 saturated heterocycles. The quantitative estimate of drug-likeness (QED) is 0.126. The lowest BCUT2D eigenvalue weighted by molar-refractivity contribution is -0.117. The van der Waals surface area contributed by atoms with Crippen molar-refractivity contribution < 1.29 is 34.8 Å². The predicted molar refractivity (Wildman–Crippen MR) is 192 cm³/mol. The number of rotatable bonds is 8. The maximum atomic E-state index is 12.0. The van der Waals surface area contributed by atoms with E-state index in [2.05, 4.69) is 4.72 Å². The van der Waals surface area contributed by atoms with Crippen LogP contribution in [0.15, 0.2) is 148 Å². The zero-order valence-electron chi connectivity index (χ0n) is 26.4. The Morgan fingerprint density at radius 2 is 0.800 bits per heavy atom. The monoisotopic (exact) mass is 738 g/mol. The fourth-order valence-electron chi connectivity index (χ4n) is 3.74. The molecule has 5 aromatic rings. The summed E-state index contributed by atoms with van der Waals surface area (Å²) in [7, 11) is -11.1. The minimum Gasteiger partial charge on any atom is -0.399 e. The molecule has 0 aromatic heterocycles. The number of nitrogens with one attached hydrogen (secondary N) is 3. The van der Waals surface area contributed by atoms with Gasteiger partial charge in [0.1, 0.15) is 0 Å². The van der Waals surface area contributed by atoms with Crippen LogP contribution in [0.2, 0.25) is 0 Å². The smallest absolute Gasteiger partial charge is 0.264 e. The molecule has 0 aliphatic rings. The highest BCUT2D eigenvalue weighted by Crippen LogP contribution is 2.17.